The number of carboxylic acids is 1. The average molecular weight is 294 g/mol. The first-order valence-electron chi connectivity index (χ1n) is 6.41. The second-order valence-corrected chi connectivity index (χ2v) is 5.18. The maximum Gasteiger partial charge on any atom is 0.308 e. The fraction of sp³-hybridized carbons (Fsp3) is 0.333. The van der Waals surface area contributed by atoms with Gasteiger partial charge in [-0.25, -0.2) is 0 Å². The van der Waals surface area contributed by atoms with Gasteiger partial charge in [0.25, 0.3) is 0 Å². The molecule has 0 radical (unpaired) electrons. The molecule has 2 rings (SSSR count). The van der Waals surface area contributed by atoms with Crippen LogP contribution in [0.25, 0.3) is 10.9 Å². The number of aliphatic carboxylic acids is 1. The molecular formula is C15H16ClNO3. The number of aryl methyl sites for hydroxylation is 2. The first-order chi connectivity index (χ1) is 9.38. The summed E-state index contributed by atoms with van der Waals surface area (Å²) >= 11 is 6.14. The summed E-state index contributed by atoms with van der Waals surface area (Å²) in [6, 6.07) is 3.35. The van der Waals surface area contributed by atoms with Crippen LogP contribution in [0.3, 0.4) is 0 Å². The second kappa shape index (κ2) is 5.29. The Kier molecular flexibility index (Phi) is 3.86. The molecule has 0 unspecified atom stereocenters. The van der Waals surface area contributed by atoms with Crippen LogP contribution >= 0.6 is 11.6 Å². The van der Waals surface area contributed by atoms with Crippen molar-refractivity contribution < 1.29 is 9.90 Å². The Morgan fingerprint density at radius 2 is 2.00 bits per heavy atom. The molecule has 0 spiro atoms. The second-order valence-electron chi connectivity index (χ2n) is 4.78. The summed E-state index contributed by atoms with van der Waals surface area (Å²) in [5, 5.41) is 10.1. The number of aromatic nitrogens is 1. The lowest BCUT2D eigenvalue weighted by molar-refractivity contribution is -0.136. The monoisotopic (exact) mass is 293 g/mol. The van der Waals surface area contributed by atoms with Crippen LogP contribution in [-0.4, -0.2) is 15.6 Å². The largest absolute Gasteiger partial charge is 0.481 e. The van der Waals surface area contributed by atoms with E-state index in [0.29, 0.717) is 28.2 Å². The first kappa shape index (κ1) is 14.6. The first-order valence-corrected chi connectivity index (χ1v) is 6.79. The summed E-state index contributed by atoms with van der Waals surface area (Å²) in [5.41, 5.74) is 2.44. The van der Waals surface area contributed by atoms with Gasteiger partial charge in [-0.1, -0.05) is 11.6 Å². The smallest absolute Gasteiger partial charge is 0.308 e. The van der Waals surface area contributed by atoms with E-state index in [1.807, 2.05) is 18.4 Å². The van der Waals surface area contributed by atoms with Gasteiger partial charge < -0.3 is 9.67 Å². The molecule has 0 atom stereocenters. The summed E-state index contributed by atoms with van der Waals surface area (Å²) in [6.45, 7) is 6.26. The van der Waals surface area contributed by atoms with Crippen molar-refractivity contribution in [2.45, 2.75) is 33.7 Å². The normalized spacial score (nSPS) is 11.0. The number of benzene rings is 1. The van der Waals surface area contributed by atoms with Gasteiger partial charge in [-0.05, 0) is 38.5 Å². The lowest BCUT2D eigenvalue weighted by atomic mass is 10.0. The summed E-state index contributed by atoms with van der Waals surface area (Å²) in [6.07, 6.45) is -0.262. The fourth-order valence-corrected chi connectivity index (χ4v) is 2.77. The average Bonchev–Trinajstić information content (AvgIpc) is 2.39. The highest BCUT2D eigenvalue weighted by Gasteiger charge is 2.17. The topological polar surface area (TPSA) is 59.3 Å². The molecule has 4 nitrogen and oxygen atoms in total. The number of hydrogen-bond donors (Lipinski definition) is 1. The zero-order valence-electron chi connectivity index (χ0n) is 11.7. The van der Waals surface area contributed by atoms with Gasteiger partial charge in [0.1, 0.15) is 0 Å². The molecule has 106 valence electrons. The highest BCUT2D eigenvalue weighted by molar-refractivity contribution is 6.32. The van der Waals surface area contributed by atoms with Gasteiger partial charge in [-0.3, -0.25) is 9.59 Å². The van der Waals surface area contributed by atoms with E-state index in [1.54, 1.807) is 19.1 Å². The molecule has 0 aliphatic heterocycles. The molecule has 0 aliphatic rings. The van der Waals surface area contributed by atoms with Crippen molar-refractivity contribution in [2.75, 3.05) is 0 Å². The minimum Gasteiger partial charge on any atom is -0.481 e. The highest BCUT2D eigenvalue weighted by Crippen LogP contribution is 2.25. The van der Waals surface area contributed by atoms with E-state index in [4.69, 9.17) is 16.7 Å². The molecule has 1 heterocycles. The van der Waals surface area contributed by atoms with Crippen molar-refractivity contribution in [1.29, 1.82) is 0 Å². The molecule has 0 saturated heterocycles. The third kappa shape index (κ3) is 2.20. The quantitative estimate of drug-likeness (QED) is 0.946. The molecule has 1 N–H and O–H groups in total. The van der Waals surface area contributed by atoms with Crippen LogP contribution in [-0.2, 0) is 17.8 Å². The van der Waals surface area contributed by atoms with Crippen LogP contribution in [0.4, 0.5) is 0 Å². The number of nitrogens with zero attached hydrogens (tertiary/aromatic N) is 1. The molecule has 0 amide bonds. The van der Waals surface area contributed by atoms with E-state index in [1.165, 1.54) is 0 Å². The van der Waals surface area contributed by atoms with Crippen molar-refractivity contribution in [3.05, 3.63) is 44.2 Å². The van der Waals surface area contributed by atoms with Crippen molar-refractivity contribution >= 4 is 28.5 Å². The molecule has 5 heteroatoms. The maximum absolute atomic E-state index is 12.5. The lowest BCUT2D eigenvalue weighted by Crippen LogP contribution is -2.21. The highest BCUT2D eigenvalue weighted by atomic mass is 35.5. The van der Waals surface area contributed by atoms with Crippen LogP contribution in [0.15, 0.2) is 16.9 Å². The molecule has 0 bridgehead atoms. The van der Waals surface area contributed by atoms with Crippen molar-refractivity contribution in [1.82, 2.24) is 4.57 Å². The van der Waals surface area contributed by atoms with Crippen LogP contribution in [0, 0.1) is 13.8 Å². The summed E-state index contributed by atoms with van der Waals surface area (Å²) in [7, 11) is 0. The molecule has 0 aliphatic carbocycles. The zero-order chi connectivity index (χ0) is 15.0. The molecule has 0 saturated carbocycles. The summed E-state index contributed by atoms with van der Waals surface area (Å²) in [4.78, 5) is 23.5. The number of hydrogen-bond acceptors (Lipinski definition) is 2. The fourth-order valence-electron chi connectivity index (χ4n) is 2.62. The van der Waals surface area contributed by atoms with Crippen LogP contribution in [0.5, 0.6) is 0 Å². The standard InChI is InChI=1S/C15H16ClNO3/c1-4-17-9(3)11(7-13(18)19)15(20)10-5-6-12(16)8(2)14(10)17/h5-6H,4,7H2,1-3H3,(H,18,19). The van der Waals surface area contributed by atoms with Gasteiger partial charge in [0.05, 0.1) is 11.9 Å². The summed E-state index contributed by atoms with van der Waals surface area (Å²) in [5.74, 6) is -1.00. The van der Waals surface area contributed by atoms with E-state index in [2.05, 4.69) is 0 Å². The SMILES string of the molecule is CCn1c(C)c(CC(=O)O)c(=O)c2ccc(Cl)c(C)c21. The minimum absolute atomic E-state index is 0.218. The predicted octanol–water partition coefficient (Wildman–Crippen LogP) is 2.92. The van der Waals surface area contributed by atoms with Crippen LogP contribution in [0.1, 0.15) is 23.7 Å². The Morgan fingerprint density at radius 1 is 1.35 bits per heavy atom. The van der Waals surface area contributed by atoms with E-state index in [-0.39, 0.29) is 11.8 Å². The molecule has 0 fully saturated rings. The van der Waals surface area contributed by atoms with Crippen molar-refractivity contribution in [3.63, 3.8) is 0 Å². The Hall–Kier alpha value is -1.81. The summed E-state index contributed by atoms with van der Waals surface area (Å²) < 4.78 is 1.95. The maximum atomic E-state index is 12.5. The Balaban J connectivity index is 2.98. The number of carboxylic acid groups (broad SMARTS) is 1. The number of pyridine rings is 1. The van der Waals surface area contributed by atoms with Gasteiger partial charge in [0.15, 0.2) is 5.43 Å². The molecular weight excluding hydrogens is 278 g/mol. The van der Waals surface area contributed by atoms with Gasteiger partial charge in [0.2, 0.25) is 0 Å². The molecule has 2 aromatic rings. The third-order valence-electron chi connectivity index (χ3n) is 3.64. The van der Waals surface area contributed by atoms with Crippen molar-refractivity contribution in [2.24, 2.45) is 0 Å². The molecule has 20 heavy (non-hydrogen) atoms. The third-order valence-corrected chi connectivity index (χ3v) is 4.05. The Labute approximate surface area is 121 Å². The number of halogens is 1. The van der Waals surface area contributed by atoms with E-state index >= 15 is 0 Å². The van der Waals surface area contributed by atoms with E-state index < -0.39 is 5.97 Å². The number of carbonyl (C=O) groups is 1. The van der Waals surface area contributed by atoms with Gasteiger partial charge in [-0.15, -0.1) is 0 Å². The zero-order valence-corrected chi connectivity index (χ0v) is 12.4. The van der Waals surface area contributed by atoms with Gasteiger partial charge in [0, 0.05) is 28.2 Å². The number of fused-ring (bicyclic) bond motifs is 1. The number of rotatable bonds is 3. The van der Waals surface area contributed by atoms with E-state index in [0.717, 1.165) is 11.1 Å². The van der Waals surface area contributed by atoms with Gasteiger partial charge >= 0.3 is 5.97 Å². The molecule has 1 aromatic carbocycles. The predicted molar refractivity (Wildman–Crippen MR) is 79.7 cm³/mol. The minimum atomic E-state index is -1.00. The molecule has 1 aromatic heterocycles. The van der Waals surface area contributed by atoms with E-state index in [9.17, 15) is 9.59 Å². The Morgan fingerprint density at radius 3 is 2.55 bits per heavy atom. The van der Waals surface area contributed by atoms with Crippen molar-refractivity contribution in [3.8, 4) is 0 Å². The lowest BCUT2D eigenvalue weighted by Gasteiger charge is -2.18. The van der Waals surface area contributed by atoms with Crippen LogP contribution in [0.2, 0.25) is 5.02 Å². The Bertz CT molecular complexity index is 762. The van der Waals surface area contributed by atoms with Gasteiger partial charge in [-0.2, -0.15) is 0 Å². The van der Waals surface area contributed by atoms with Crippen LogP contribution < -0.4 is 5.43 Å².